The van der Waals surface area contributed by atoms with Crippen LogP contribution in [-0.2, 0) is 10.9 Å². The first-order valence-corrected chi connectivity index (χ1v) is 5.21. The van der Waals surface area contributed by atoms with E-state index >= 15 is 0 Å². The summed E-state index contributed by atoms with van der Waals surface area (Å²) >= 11 is 0. The minimum atomic E-state index is -4.81. The van der Waals surface area contributed by atoms with Gasteiger partial charge in [-0.25, -0.2) is 4.79 Å². The number of alkyl halides is 3. The predicted octanol–water partition coefficient (Wildman–Crippen LogP) is 2.88. The third-order valence-corrected chi connectivity index (χ3v) is 2.67. The molecule has 0 spiro atoms. The van der Waals surface area contributed by atoms with Crippen molar-refractivity contribution in [2.45, 2.75) is 6.18 Å². The lowest BCUT2D eigenvalue weighted by Gasteiger charge is -2.06. The number of esters is 1. The Bertz CT molecular complexity index is 705. The molecule has 0 aliphatic rings. The van der Waals surface area contributed by atoms with Gasteiger partial charge in [0.25, 0.3) is 5.69 Å². The van der Waals surface area contributed by atoms with Gasteiger partial charge in [-0.05, 0) is 6.07 Å². The third kappa shape index (κ3) is 2.17. The summed E-state index contributed by atoms with van der Waals surface area (Å²) in [7, 11) is 0.951. The van der Waals surface area contributed by atoms with E-state index in [1.165, 1.54) is 0 Å². The number of benzene rings is 1. The average molecular weight is 288 g/mol. The van der Waals surface area contributed by atoms with Crippen LogP contribution in [0.1, 0.15) is 16.1 Å². The van der Waals surface area contributed by atoms with Crippen LogP contribution in [0.2, 0.25) is 0 Å². The van der Waals surface area contributed by atoms with Gasteiger partial charge in [-0.1, -0.05) is 0 Å². The number of hydrogen-bond donors (Lipinski definition) is 1. The summed E-state index contributed by atoms with van der Waals surface area (Å²) < 4.78 is 42.9. The Kier molecular flexibility index (Phi) is 3.12. The van der Waals surface area contributed by atoms with Crippen LogP contribution in [0.5, 0.6) is 0 Å². The summed E-state index contributed by atoms with van der Waals surface area (Å²) in [6.45, 7) is 0. The fourth-order valence-electron chi connectivity index (χ4n) is 1.83. The molecule has 1 aromatic heterocycles. The maximum atomic E-state index is 12.9. The molecule has 0 saturated heterocycles. The molecule has 0 saturated carbocycles. The maximum Gasteiger partial charge on any atom is 0.432 e. The second-order valence-electron chi connectivity index (χ2n) is 3.85. The Hall–Kier alpha value is -2.58. The fraction of sp³-hybridized carbons (Fsp3) is 0.182. The lowest BCUT2D eigenvalue weighted by Crippen LogP contribution is -2.13. The van der Waals surface area contributed by atoms with Crippen LogP contribution in [0.3, 0.4) is 0 Å². The second kappa shape index (κ2) is 4.51. The molecule has 0 aliphatic carbocycles. The van der Waals surface area contributed by atoms with Gasteiger partial charge in [-0.15, -0.1) is 0 Å². The van der Waals surface area contributed by atoms with Gasteiger partial charge in [-0.3, -0.25) is 10.1 Å². The number of nitro groups is 1. The summed E-state index contributed by atoms with van der Waals surface area (Å²) in [5.41, 5.74) is -2.53. The van der Waals surface area contributed by atoms with Crippen LogP contribution in [-0.4, -0.2) is 23.0 Å². The van der Waals surface area contributed by atoms with Crippen molar-refractivity contribution >= 4 is 22.6 Å². The Morgan fingerprint density at radius 1 is 1.40 bits per heavy atom. The number of aromatic nitrogens is 1. The van der Waals surface area contributed by atoms with Gasteiger partial charge in [0.15, 0.2) is 0 Å². The number of non-ortho nitro benzene ring substituents is 1. The first kappa shape index (κ1) is 13.8. The quantitative estimate of drug-likeness (QED) is 0.523. The SMILES string of the molecule is COC(=O)c1c(C(F)(F)F)[nH]c2cc([N+](=O)[O-])ccc12. The van der Waals surface area contributed by atoms with Crippen molar-refractivity contribution in [1.29, 1.82) is 0 Å². The number of rotatable bonds is 2. The van der Waals surface area contributed by atoms with Crippen molar-refractivity contribution in [2.75, 3.05) is 7.11 Å². The van der Waals surface area contributed by atoms with Crippen LogP contribution in [0.25, 0.3) is 10.9 Å². The van der Waals surface area contributed by atoms with Crippen molar-refractivity contribution in [3.8, 4) is 0 Å². The number of carbonyl (C=O) groups excluding carboxylic acids is 1. The standard InChI is InChI=1S/C11H7F3N2O4/c1-20-10(17)8-6-3-2-5(16(18)19)4-7(6)15-9(8)11(12,13)14/h2-4,15H,1H3. The first-order valence-electron chi connectivity index (χ1n) is 5.21. The van der Waals surface area contributed by atoms with E-state index in [1.54, 1.807) is 0 Å². The molecular weight excluding hydrogens is 281 g/mol. The highest BCUT2D eigenvalue weighted by Crippen LogP contribution is 2.36. The highest BCUT2D eigenvalue weighted by Gasteiger charge is 2.39. The number of nitrogens with one attached hydrogen (secondary N) is 1. The van der Waals surface area contributed by atoms with Crippen LogP contribution in [0.4, 0.5) is 18.9 Å². The molecule has 1 heterocycles. The van der Waals surface area contributed by atoms with Gasteiger partial charge >= 0.3 is 12.1 Å². The van der Waals surface area contributed by atoms with Crippen molar-refractivity contribution in [3.05, 3.63) is 39.6 Å². The zero-order valence-corrected chi connectivity index (χ0v) is 9.95. The van der Waals surface area contributed by atoms with Gasteiger partial charge in [0.05, 0.1) is 23.1 Å². The Labute approximate surface area is 109 Å². The van der Waals surface area contributed by atoms with Crippen molar-refractivity contribution in [3.63, 3.8) is 0 Å². The van der Waals surface area contributed by atoms with Crippen LogP contribution >= 0.6 is 0 Å². The number of H-pyrrole nitrogens is 1. The Morgan fingerprint density at radius 3 is 2.55 bits per heavy atom. The Balaban J connectivity index is 2.79. The van der Waals surface area contributed by atoms with Gasteiger partial charge in [0, 0.05) is 17.5 Å². The van der Waals surface area contributed by atoms with Crippen molar-refractivity contribution < 1.29 is 27.6 Å². The number of ether oxygens (including phenoxy) is 1. The molecule has 20 heavy (non-hydrogen) atoms. The average Bonchev–Trinajstić information content (AvgIpc) is 2.75. The van der Waals surface area contributed by atoms with E-state index in [1.807, 2.05) is 4.98 Å². The molecule has 6 nitrogen and oxygen atoms in total. The van der Waals surface area contributed by atoms with Crippen LogP contribution in [0, 0.1) is 10.1 Å². The van der Waals surface area contributed by atoms with Crippen LogP contribution in [0.15, 0.2) is 18.2 Å². The minimum Gasteiger partial charge on any atom is -0.465 e. The number of aromatic amines is 1. The fourth-order valence-corrected chi connectivity index (χ4v) is 1.83. The van der Waals surface area contributed by atoms with Gasteiger partial charge in [0.2, 0.25) is 0 Å². The lowest BCUT2D eigenvalue weighted by atomic mass is 10.1. The molecule has 1 N–H and O–H groups in total. The van der Waals surface area contributed by atoms with Gasteiger partial charge in [0.1, 0.15) is 5.69 Å². The zero-order chi connectivity index (χ0) is 15.1. The van der Waals surface area contributed by atoms with Crippen molar-refractivity contribution in [1.82, 2.24) is 4.98 Å². The summed E-state index contributed by atoms with van der Waals surface area (Å²) in [6.07, 6.45) is -4.81. The summed E-state index contributed by atoms with van der Waals surface area (Å²) in [4.78, 5) is 23.3. The number of carbonyl (C=O) groups is 1. The van der Waals surface area contributed by atoms with E-state index in [0.717, 1.165) is 25.3 Å². The number of hydrogen-bond acceptors (Lipinski definition) is 4. The molecule has 0 amide bonds. The normalized spacial score (nSPS) is 11.6. The smallest absolute Gasteiger partial charge is 0.432 e. The monoisotopic (exact) mass is 288 g/mol. The number of nitrogens with zero attached hydrogens (tertiary/aromatic N) is 1. The van der Waals surface area contributed by atoms with Gasteiger partial charge < -0.3 is 9.72 Å². The van der Waals surface area contributed by atoms with E-state index in [-0.39, 0.29) is 16.6 Å². The highest BCUT2D eigenvalue weighted by atomic mass is 19.4. The topological polar surface area (TPSA) is 85.2 Å². The maximum absolute atomic E-state index is 12.9. The van der Waals surface area contributed by atoms with E-state index in [0.29, 0.717) is 0 Å². The van der Waals surface area contributed by atoms with E-state index < -0.39 is 28.3 Å². The van der Waals surface area contributed by atoms with Crippen molar-refractivity contribution in [2.24, 2.45) is 0 Å². The third-order valence-electron chi connectivity index (χ3n) is 2.67. The molecule has 106 valence electrons. The molecule has 0 atom stereocenters. The lowest BCUT2D eigenvalue weighted by molar-refractivity contribution is -0.384. The largest absolute Gasteiger partial charge is 0.465 e. The summed E-state index contributed by atoms with van der Waals surface area (Å²) in [5, 5.41) is 10.5. The minimum absolute atomic E-state index is 0.0882. The number of nitro benzene ring substituents is 1. The molecule has 0 aliphatic heterocycles. The second-order valence-corrected chi connectivity index (χ2v) is 3.85. The number of fused-ring (bicyclic) bond motifs is 1. The highest BCUT2D eigenvalue weighted by molar-refractivity contribution is 6.06. The summed E-state index contributed by atoms with van der Waals surface area (Å²) in [6, 6.07) is 3.02. The predicted molar refractivity (Wildman–Crippen MR) is 61.3 cm³/mol. The van der Waals surface area contributed by atoms with E-state index in [4.69, 9.17) is 0 Å². The molecule has 0 bridgehead atoms. The summed E-state index contributed by atoms with van der Waals surface area (Å²) in [5.74, 6) is -1.17. The molecule has 0 fully saturated rings. The molecular formula is C11H7F3N2O4. The zero-order valence-electron chi connectivity index (χ0n) is 9.95. The molecule has 2 rings (SSSR count). The molecule has 2 aromatic rings. The molecule has 1 aromatic carbocycles. The molecule has 0 radical (unpaired) electrons. The van der Waals surface area contributed by atoms with E-state index in [9.17, 15) is 28.1 Å². The Morgan fingerprint density at radius 2 is 2.05 bits per heavy atom. The molecule has 9 heteroatoms. The van der Waals surface area contributed by atoms with Crippen LogP contribution < -0.4 is 0 Å². The number of methoxy groups -OCH3 is 1. The first-order chi connectivity index (χ1) is 9.25. The van der Waals surface area contributed by atoms with E-state index in [2.05, 4.69) is 4.74 Å². The molecule has 0 unspecified atom stereocenters. The number of halogens is 3. The van der Waals surface area contributed by atoms with Gasteiger partial charge in [-0.2, -0.15) is 13.2 Å².